The molecule has 0 radical (unpaired) electrons. The minimum absolute atomic E-state index is 0.000630. The van der Waals surface area contributed by atoms with Gasteiger partial charge in [-0.2, -0.15) is 0 Å². The number of hydrogen-bond acceptors (Lipinski definition) is 4. The van der Waals surface area contributed by atoms with E-state index in [2.05, 4.69) is 18.2 Å². The Hall–Kier alpha value is -7.21. The summed E-state index contributed by atoms with van der Waals surface area (Å²) in [6, 6.07) is 44.0. The molecule has 3 aromatic heterocycles. The molecule has 11 rings (SSSR count). The van der Waals surface area contributed by atoms with Crippen LogP contribution in [0.25, 0.3) is 104 Å². The summed E-state index contributed by atoms with van der Waals surface area (Å²) < 4.78 is 75.3. The van der Waals surface area contributed by atoms with Gasteiger partial charge in [0, 0.05) is 47.6 Å². The van der Waals surface area contributed by atoms with Gasteiger partial charge in [0.05, 0.1) is 27.7 Å². The predicted molar refractivity (Wildman–Crippen MR) is 234 cm³/mol. The smallest absolute Gasteiger partial charge is 0.166 e. The van der Waals surface area contributed by atoms with Crippen LogP contribution in [0.2, 0.25) is 0 Å². The van der Waals surface area contributed by atoms with Crippen LogP contribution in [0, 0.1) is 0 Å². The number of nitrogens with zero attached hydrogens (tertiary/aromatic N) is 4. The second kappa shape index (κ2) is 13.3. The number of rotatable bonds is 6. The van der Waals surface area contributed by atoms with Gasteiger partial charge in [-0.25, -0.2) is 15.0 Å². The molecule has 0 unspecified atom stereocenters. The van der Waals surface area contributed by atoms with Crippen molar-refractivity contribution in [3.05, 3.63) is 194 Å². The van der Waals surface area contributed by atoms with Gasteiger partial charge in [-0.1, -0.05) is 158 Å². The number of aromatic nitrogens is 4. The largest absolute Gasteiger partial charge is 0.309 e. The molecule has 0 amide bonds. The summed E-state index contributed by atoms with van der Waals surface area (Å²) in [5, 5.41) is 2.14. The van der Waals surface area contributed by atoms with Crippen LogP contribution < -0.4 is 0 Å². The normalized spacial score (nSPS) is 13.6. The Balaban J connectivity index is 1.30. The fourth-order valence-electron chi connectivity index (χ4n) is 7.59. The first-order chi connectivity index (χ1) is 31.1. The van der Waals surface area contributed by atoms with E-state index in [0.29, 0.717) is 22.9 Å². The van der Waals surface area contributed by atoms with Crippen LogP contribution in [-0.2, 0) is 0 Å². The quantitative estimate of drug-likeness (QED) is 0.170. The SMILES string of the molecule is [2H]c1c([2H])c([2H])c2c(c1[2H])c1c([2H])c([2H])c([2H])c([2H])c1n2-c1ccc(-c2ccccc2)cc1-c1nc(-c2ccccc2-c2ccccc2)nc(-c2cccc3c2sc2ccccc23)n1. The van der Waals surface area contributed by atoms with Gasteiger partial charge in [0.2, 0.25) is 0 Å². The van der Waals surface area contributed by atoms with Crippen molar-refractivity contribution in [2.45, 2.75) is 0 Å². The van der Waals surface area contributed by atoms with Crippen molar-refractivity contribution in [1.29, 1.82) is 0 Å². The van der Waals surface area contributed by atoms with Gasteiger partial charge in [0.1, 0.15) is 0 Å². The Kier molecular flexibility index (Phi) is 5.92. The second-order valence-corrected chi connectivity index (χ2v) is 14.4. The zero-order valence-electron chi connectivity index (χ0n) is 37.6. The number of thiophene rings is 1. The summed E-state index contributed by atoms with van der Waals surface area (Å²) in [7, 11) is 0. The molecule has 56 heavy (non-hydrogen) atoms. The van der Waals surface area contributed by atoms with Crippen LogP contribution in [0.15, 0.2) is 194 Å². The lowest BCUT2D eigenvalue weighted by Gasteiger charge is -2.17. The van der Waals surface area contributed by atoms with E-state index in [-0.39, 0.29) is 27.6 Å². The molecule has 4 nitrogen and oxygen atoms in total. The zero-order chi connectivity index (χ0) is 44.0. The predicted octanol–water partition coefficient (Wildman–Crippen LogP) is 13.7. The highest BCUT2D eigenvalue weighted by atomic mass is 32.1. The Bertz CT molecular complexity index is 3640. The first-order valence-corrected chi connectivity index (χ1v) is 18.9. The maximum absolute atomic E-state index is 9.30. The van der Waals surface area contributed by atoms with Crippen LogP contribution >= 0.6 is 11.3 Å². The molecule has 0 bridgehead atoms. The highest BCUT2D eigenvalue weighted by molar-refractivity contribution is 7.26. The molecular weight excluding hydrogens is 701 g/mol. The Morgan fingerprint density at radius 2 is 0.964 bits per heavy atom. The minimum atomic E-state index is -0.511. The summed E-state index contributed by atoms with van der Waals surface area (Å²) in [6.07, 6.45) is 0. The summed E-state index contributed by atoms with van der Waals surface area (Å²) >= 11 is 1.65. The molecule has 0 saturated carbocycles. The second-order valence-electron chi connectivity index (χ2n) is 13.4. The molecule has 3 heterocycles. The molecular formula is C51H32N4S. The fourth-order valence-corrected chi connectivity index (χ4v) is 8.80. The summed E-state index contributed by atoms with van der Waals surface area (Å²) in [5.41, 5.74) is 5.88. The lowest BCUT2D eigenvalue weighted by molar-refractivity contribution is 1.07. The van der Waals surface area contributed by atoms with Crippen LogP contribution in [-0.4, -0.2) is 19.5 Å². The third-order valence-electron chi connectivity index (χ3n) is 10.2. The minimum Gasteiger partial charge on any atom is -0.309 e. The standard InChI is InChI=1S/C51H32N4S/c1-3-16-33(17-4-1)35-30-31-46(55-44-27-12-9-21-37(44)38-22-10-13-28-45(38)55)43(32-35)51-53-49(41-24-8-7-20-36(41)34-18-5-2-6-19-34)52-50(54-51)42-26-15-25-40-39-23-11-14-29-47(39)56-48(40)42/h1-32H/i9D,10D,12D,13D,21D,22D,27D,28D. The van der Waals surface area contributed by atoms with Crippen molar-refractivity contribution in [2.24, 2.45) is 0 Å². The first kappa shape index (κ1) is 25.0. The molecule has 0 spiro atoms. The van der Waals surface area contributed by atoms with Crippen LogP contribution in [0.1, 0.15) is 11.0 Å². The van der Waals surface area contributed by atoms with Crippen LogP contribution in [0.5, 0.6) is 0 Å². The average molecular weight is 741 g/mol. The van der Waals surface area contributed by atoms with Gasteiger partial charge in [-0.05, 0) is 58.6 Å². The van der Waals surface area contributed by atoms with Crippen molar-refractivity contribution in [2.75, 3.05) is 0 Å². The maximum Gasteiger partial charge on any atom is 0.166 e. The maximum atomic E-state index is 9.30. The van der Waals surface area contributed by atoms with Gasteiger partial charge in [0.15, 0.2) is 17.5 Å². The van der Waals surface area contributed by atoms with E-state index in [0.717, 1.165) is 53.6 Å². The molecule has 0 aliphatic heterocycles. The van der Waals surface area contributed by atoms with Crippen molar-refractivity contribution in [1.82, 2.24) is 19.5 Å². The van der Waals surface area contributed by atoms with Crippen LogP contribution in [0.4, 0.5) is 0 Å². The van der Waals surface area contributed by atoms with Gasteiger partial charge in [0.25, 0.3) is 0 Å². The first-order valence-electron chi connectivity index (χ1n) is 22.1. The summed E-state index contributed by atoms with van der Waals surface area (Å²) in [5.74, 6) is 1.03. The highest BCUT2D eigenvalue weighted by Crippen LogP contribution is 2.42. The van der Waals surface area contributed by atoms with E-state index in [1.807, 2.05) is 121 Å². The van der Waals surface area contributed by atoms with Crippen LogP contribution in [0.3, 0.4) is 0 Å². The molecule has 0 N–H and O–H groups in total. The van der Waals surface area contributed by atoms with E-state index in [4.69, 9.17) is 23.2 Å². The van der Waals surface area contributed by atoms with Crippen molar-refractivity contribution < 1.29 is 11.0 Å². The summed E-state index contributed by atoms with van der Waals surface area (Å²) in [6.45, 7) is 0. The van der Waals surface area contributed by atoms with E-state index in [9.17, 15) is 2.74 Å². The van der Waals surface area contributed by atoms with Crippen molar-refractivity contribution in [3.63, 3.8) is 0 Å². The number of para-hydroxylation sites is 2. The Morgan fingerprint density at radius 3 is 1.70 bits per heavy atom. The molecule has 0 aliphatic rings. The number of benzene rings is 8. The van der Waals surface area contributed by atoms with Gasteiger partial charge in [-0.3, -0.25) is 0 Å². The summed E-state index contributed by atoms with van der Waals surface area (Å²) in [4.78, 5) is 15.8. The van der Waals surface area contributed by atoms with Gasteiger partial charge < -0.3 is 4.57 Å². The lowest BCUT2D eigenvalue weighted by Crippen LogP contribution is -2.04. The fraction of sp³-hybridized carbons (Fsp3) is 0. The highest BCUT2D eigenvalue weighted by Gasteiger charge is 2.22. The molecule has 11 aromatic rings. The lowest BCUT2D eigenvalue weighted by atomic mass is 9.98. The average Bonchev–Trinajstić information content (AvgIpc) is 3.91. The van der Waals surface area contributed by atoms with E-state index < -0.39 is 48.3 Å². The monoisotopic (exact) mass is 740 g/mol. The Labute approximate surface area is 338 Å². The molecule has 0 fully saturated rings. The molecule has 0 atom stereocenters. The van der Waals surface area contributed by atoms with E-state index in [1.165, 1.54) is 4.57 Å². The molecule has 0 aliphatic carbocycles. The van der Waals surface area contributed by atoms with Crippen molar-refractivity contribution >= 4 is 53.3 Å². The molecule has 5 heteroatoms. The van der Waals surface area contributed by atoms with Gasteiger partial charge >= 0.3 is 0 Å². The Morgan fingerprint density at radius 1 is 0.411 bits per heavy atom. The van der Waals surface area contributed by atoms with E-state index in [1.54, 1.807) is 17.4 Å². The third kappa shape index (κ3) is 5.32. The molecule has 8 aromatic carbocycles. The number of fused-ring (bicyclic) bond motifs is 6. The van der Waals surface area contributed by atoms with Crippen molar-refractivity contribution in [3.8, 4) is 62.1 Å². The number of hydrogen-bond donors (Lipinski definition) is 0. The topological polar surface area (TPSA) is 43.6 Å². The molecule has 262 valence electrons. The third-order valence-corrected chi connectivity index (χ3v) is 11.4. The van der Waals surface area contributed by atoms with Gasteiger partial charge in [-0.15, -0.1) is 11.3 Å². The molecule has 0 saturated heterocycles. The zero-order valence-corrected chi connectivity index (χ0v) is 30.4. The van der Waals surface area contributed by atoms with E-state index >= 15 is 0 Å².